The summed E-state index contributed by atoms with van der Waals surface area (Å²) < 4.78 is 25.2. The average molecular weight is 334 g/mol. The third-order valence-corrected chi connectivity index (χ3v) is 5.29. The molecule has 5 nitrogen and oxygen atoms in total. The van der Waals surface area contributed by atoms with Crippen LogP contribution in [0, 0.1) is 5.82 Å². The summed E-state index contributed by atoms with van der Waals surface area (Å²) >= 11 is 0. The van der Waals surface area contributed by atoms with Gasteiger partial charge < -0.3 is 19.7 Å². The monoisotopic (exact) mass is 334 g/mol. The Hall–Kier alpha value is -1.66. The van der Waals surface area contributed by atoms with Gasteiger partial charge in [0.05, 0.1) is 18.8 Å². The van der Waals surface area contributed by atoms with Gasteiger partial charge in [-0.25, -0.2) is 9.18 Å². The Morgan fingerprint density at radius 3 is 2.88 bits per heavy atom. The van der Waals surface area contributed by atoms with Crippen molar-refractivity contribution in [3.8, 4) is 0 Å². The first-order valence-corrected chi connectivity index (χ1v) is 8.70. The Labute approximate surface area is 141 Å². The second-order valence-corrected chi connectivity index (χ2v) is 7.02. The van der Waals surface area contributed by atoms with Crippen LogP contribution in [0.4, 0.5) is 9.18 Å². The van der Waals surface area contributed by atoms with E-state index in [1.54, 1.807) is 11.0 Å². The fourth-order valence-electron chi connectivity index (χ4n) is 3.98. The highest BCUT2D eigenvalue weighted by molar-refractivity contribution is 5.75. The molecule has 3 aliphatic rings. The lowest BCUT2D eigenvalue weighted by atomic mass is 10.0. The summed E-state index contributed by atoms with van der Waals surface area (Å²) in [4.78, 5) is 14.4. The Morgan fingerprint density at radius 1 is 1.38 bits per heavy atom. The van der Waals surface area contributed by atoms with Gasteiger partial charge in [0.25, 0.3) is 0 Å². The van der Waals surface area contributed by atoms with Crippen LogP contribution in [-0.2, 0) is 15.9 Å². The summed E-state index contributed by atoms with van der Waals surface area (Å²) in [6.07, 6.45) is 3.21. The Morgan fingerprint density at radius 2 is 2.17 bits per heavy atom. The van der Waals surface area contributed by atoms with E-state index >= 15 is 0 Å². The van der Waals surface area contributed by atoms with Crippen LogP contribution in [0.3, 0.4) is 0 Å². The van der Waals surface area contributed by atoms with Crippen molar-refractivity contribution < 1.29 is 18.7 Å². The molecule has 0 bridgehead atoms. The number of carbonyl (C=O) groups is 1. The number of amides is 2. The summed E-state index contributed by atoms with van der Waals surface area (Å²) in [5, 5.41) is 3.06. The number of nitrogens with zero attached hydrogens (tertiary/aromatic N) is 1. The normalized spacial score (nSPS) is 28.2. The average Bonchev–Trinajstić information content (AvgIpc) is 3.12. The lowest BCUT2D eigenvalue weighted by Crippen LogP contribution is -2.50. The fraction of sp³-hybridized carbons (Fsp3) is 0.611. The maximum Gasteiger partial charge on any atom is 0.317 e. The Bertz CT molecular complexity index is 643. The van der Waals surface area contributed by atoms with Crippen LogP contribution in [0.1, 0.15) is 43.4 Å². The molecular formula is C18H23FN2O3. The van der Waals surface area contributed by atoms with Crippen molar-refractivity contribution in [1.82, 2.24) is 10.2 Å². The number of benzene rings is 1. The van der Waals surface area contributed by atoms with E-state index in [9.17, 15) is 9.18 Å². The molecule has 6 heteroatoms. The molecule has 1 N–H and O–H groups in total. The van der Waals surface area contributed by atoms with Crippen LogP contribution >= 0.6 is 0 Å². The van der Waals surface area contributed by atoms with Crippen LogP contribution in [0.5, 0.6) is 0 Å². The molecule has 1 aromatic rings. The number of ether oxygens (including phenoxy) is 2. The van der Waals surface area contributed by atoms with E-state index in [-0.39, 0.29) is 24.0 Å². The van der Waals surface area contributed by atoms with Gasteiger partial charge in [0.15, 0.2) is 5.79 Å². The summed E-state index contributed by atoms with van der Waals surface area (Å²) in [6, 6.07) is 4.66. The van der Waals surface area contributed by atoms with Crippen LogP contribution in [0.2, 0.25) is 0 Å². The molecule has 0 saturated carbocycles. The van der Waals surface area contributed by atoms with Gasteiger partial charge in [-0.3, -0.25) is 0 Å². The molecule has 2 aliphatic heterocycles. The number of fused-ring (bicyclic) bond motifs is 1. The van der Waals surface area contributed by atoms with Crippen LogP contribution in [0.15, 0.2) is 18.2 Å². The number of nitrogens with one attached hydrogen (secondary N) is 1. The largest absolute Gasteiger partial charge is 0.347 e. The van der Waals surface area contributed by atoms with E-state index in [4.69, 9.17) is 9.47 Å². The van der Waals surface area contributed by atoms with Gasteiger partial charge in [0.2, 0.25) is 0 Å². The predicted octanol–water partition coefficient (Wildman–Crippen LogP) is 2.75. The predicted molar refractivity (Wildman–Crippen MR) is 86.0 cm³/mol. The molecule has 2 atom stereocenters. The molecule has 0 aromatic heterocycles. The minimum Gasteiger partial charge on any atom is -0.347 e. The summed E-state index contributed by atoms with van der Waals surface area (Å²) in [6.45, 7) is 3.85. The van der Waals surface area contributed by atoms with Gasteiger partial charge in [-0.2, -0.15) is 0 Å². The van der Waals surface area contributed by atoms with E-state index < -0.39 is 5.79 Å². The van der Waals surface area contributed by atoms with Gasteiger partial charge in [0.1, 0.15) is 5.82 Å². The van der Waals surface area contributed by atoms with Crippen molar-refractivity contribution in [2.75, 3.05) is 19.7 Å². The topological polar surface area (TPSA) is 50.8 Å². The van der Waals surface area contributed by atoms with E-state index in [1.165, 1.54) is 6.07 Å². The molecule has 130 valence electrons. The molecule has 1 aliphatic carbocycles. The van der Waals surface area contributed by atoms with Gasteiger partial charge in [-0.1, -0.05) is 6.07 Å². The SMILES string of the molecule is C[C@@H]1COC2(CCN(C(=O)N[C@H]3CCc4ccc(F)cc43)CC2)O1. The summed E-state index contributed by atoms with van der Waals surface area (Å²) in [5.74, 6) is -0.751. The summed E-state index contributed by atoms with van der Waals surface area (Å²) in [7, 11) is 0. The van der Waals surface area contributed by atoms with Gasteiger partial charge in [-0.05, 0) is 43.0 Å². The molecule has 4 rings (SSSR count). The highest BCUT2D eigenvalue weighted by Gasteiger charge is 2.43. The number of rotatable bonds is 1. The third kappa shape index (κ3) is 2.89. The quantitative estimate of drug-likeness (QED) is 0.859. The zero-order chi connectivity index (χ0) is 16.7. The third-order valence-electron chi connectivity index (χ3n) is 5.29. The molecular weight excluding hydrogens is 311 g/mol. The molecule has 1 aromatic carbocycles. The number of urea groups is 1. The van der Waals surface area contributed by atoms with Crippen LogP contribution < -0.4 is 5.32 Å². The van der Waals surface area contributed by atoms with Crippen molar-refractivity contribution in [2.24, 2.45) is 0 Å². The molecule has 2 fully saturated rings. The number of hydrogen-bond donors (Lipinski definition) is 1. The van der Waals surface area contributed by atoms with Crippen molar-refractivity contribution >= 4 is 6.03 Å². The summed E-state index contributed by atoms with van der Waals surface area (Å²) in [5.41, 5.74) is 2.04. The number of piperidine rings is 1. The van der Waals surface area contributed by atoms with E-state index in [1.807, 2.05) is 13.0 Å². The second kappa shape index (κ2) is 6.01. The molecule has 0 radical (unpaired) electrons. The second-order valence-electron chi connectivity index (χ2n) is 7.02. The first-order valence-electron chi connectivity index (χ1n) is 8.70. The van der Waals surface area contributed by atoms with Crippen LogP contribution in [-0.4, -0.2) is 42.5 Å². The zero-order valence-electron chi connectivity index (χ0n) is 13.9. The molecule has 24 heavy (non-hydrogen) atoms. The van der Waals surface area contributed by atoms with Gasteiger partial charge >= 0.3 is 6.03 Å². The maximum absolute atomic E-state index is 13.5. The van der Waals surface area contributed by atoms with Gasteiger partial charge in [0, 0.05) is 25.9 Å². The number of carbonyl (C=O) groups excluding carboxylic acids is 1. The number of aryl methyl sites for hydroxylation is 1. The van der Waals surface area contributed by atoms with E-state index in [0.717, 1.165) is 24.0 Å². The highest BCUT2D eigenvalue weighted by Crippen LogP contribution is 2.35. The first-order chi connectivity index (χ1) is 11.5. The molecule has 0 unspecified atom stereocenters. The molecule has 2 saturated heterocycles. The molecule has 2 amide bonds. The highest BCUT2D eigenvalue weighted by atomic mass is 19.1. The lowest BCUT2D eigenvalue weighted by molar-refractivity contribution is -0.189. The standard InChI is InChI=1S/C18H23FN2O3/c1-12-11-23-18(24-12)6-8-21(9-7-18)17(22)20-16-5-3-13-2-4-14(19)10-15(13)16/h2,4,10,12,16H,3,5-9,11H2,1H3,(H,20,22)/t12-,16+/m1/s1. The Balaban J connectivity index is 1.36. The fourth-order valence-corrected chi connectivity index (χ4v) is 3.98. The van der Waals surface area contributed by atoms with E-state index in [2.05, 4.69) is 5.32 Å². The van der Waals surface area contributed by atoms with E-state index in [0.29, 0.717) is 32.5 Å². The minimum atomic E-state index is -0.501. The van der Waals surface area contributed by atoms with Gasteiger partial charge in [-0.15, -0.1) is 0 Å². The molecule has 1 spiro atoms. The maximum atomic E-state index is 13.5. The van der Waals surface area contributed by atoms with Crippen LogP contribution in [0.25, 0.3) is 0 Å². The lowest BCUT2D eigenvalue weighted by Gasteiger charge is -2.38. The molecule has 2 heterocycles. The number of hydrogen-bond acceptors (Lipinski definition) is 3. The number of halogens is 1. The van der Waals surface area contributed by atoms with Crippen molar-refractivity contribution in [2.45, 2.75) is 50.5 Å². The first kappa shape index (κ1) is 15.8. The zero-order valence-corrected chi connectivity index (χ0v) is 13.9. The number of likely N-dealkylation sites (tertiary alicyclic amines) is 1. The Kier molecular flexibility index (Phi) is 3.96. The van der Waals surface area contributed by atoms with Crippen molar-refractivity contribution in [3.63, 3.8) is 0 Å². The van der Waals surface area contributed by atoms with Crippen molar-refractivity contribution in [1.29, 1.82) is 0 Å². The smallest absolute Gasteiger partial charge is 0.317 e. The van der Waals surface area contributed by atoms with Crippen molar-refractivity contribution in [3.05, 3.63) is 35.1 Å². The minimum absolute atomic E-state index is 0.0852.